The molecule has 5 nitrogen and oxygen atoms in total. The minimum absolute atomic E-state index is 0.0785. The first-order chi connectivity index (χ1) is 11.6. The van der Waals surface area contributed by atoms with Gasteiger partial charge in [-0.1, -0.05) is 18.2 Å². The monoisotopic (exact) mass is 328 g/mol. The Balaban J connectivity index is 2.29. The van der Waals surface area contributed by atoms with Crippen LogP contribution in [0.15, 0.2) is 42.5 Å². The van der Waals surface area contributed by atoms with Gasteiger partial charge in [0, 0.05) is 0 Å². The molecule has 1 N–H and O–H groups in total. The third-order valence-corrected chi connectivity index (χ3v) is 3.38. The summed E-state index contributed by atoms with van der Waals surface area (Å²) in [5, 5.41) is 9.91. The van der Waals surface area contributed by atoms with Crippen molar-refractivity contribution in [3.05, 3.63) is 53.6 Å². The average molecular weight is 328 g/mol. The first-order valence-corrected chi connectivity index (χ1v) is 7.50. The molecule has 0 aromatic heterocycles. The highest BCUT2D eigenvalue weighted by Crippen LogP contribution is 2.37. The fourth-order valence-electron chi connectivity index (χ4n) is 2.22. The summed E-state index contributed by atoms with van der Waals surface area (Å²) >= 11 is 0. The zero-order chi connectivity index (χ0) is 17.5. The van der Waals surface area contributed by atoms with Crippen LogP contribution in [0.2, 0.25) is 0 Å². The van der Waals surface area contributed by atoms with Gasteiger partial charge >= 0.3 is 0 Å². The maximum absolute atomic E-state index is 12.4. The molecule has 126 valence electrons. The van der Waals surface area contributed by atoms with E-state index in [1.165, 1.54) is 20.3 Å². The van der Waals surface area contributed by atoms with Gasteiger partial charge < -0.3 is 19.3 Å². The lowest BCUT2D eigenvalue weighted by molar-refractivity contribution is 0.104. The van der Waals surface area contributed by atoms with E-state index in [9.17, 15) is 9.90 Å². The van der Waals surface area contributed by atoms with Crippen molar-refractivity contribution in [2.75, 3.05) is 20.8 Å². The van der Waals surface area contributed by atoms with E-state index < -0.39 is 0 Å². The first-order valence-electron chi connectivity index (χ1n) is 7.50. The summed E-state index contributed by atoms with van der Waals surface area (Å²) in [4.78, 5) is 12.4. The Kier molecular flexibility index (Phi) is 5.84. The van der Waals surface area contributed by atoms with E-state index in [0.29, 0.717) is 23.5 Å². The van der Waals surface area contributed by atoms with E-state index in [2.05, 4.69) is 0 Å². The molecule has 0 spiro atoms. The molecule has 0 saturated carbocycles. The number of ketones is 1. The Morgan fingerprint density at radius 2 is 1.71 bits per heavy atom. The van der Waals surface area contributed by atoms with Crippen molar-refractivity contribution in [3.8, 4) is 23.0 Å². The number of rotatable bonds is 7. The van der Waals surface area contributed by atoms with Crippen LogP contribution in [0, 0.1) is 0 Å². The summed E-state index contributed by atoms with van der Waals surface area (Å²) < 4.78 is 15.7. The Morgan fingerprint density at radius 3 is 2.29 bits per heavy atom. The van der Waals surface area contributed by atoms with Gasteiger partial charge in [0.15, 0.2) is 17.3 Å². The number of allylic oxidation sites excluding steroid dienone is 1. The van der Waals surface area contributed by atoms with Gasteiger partial charge in [-0.05, 0) is 42.8 Å². The van der Waals surface area contributed by atoms with Gasteiger partial charge in [-0.3, -0.25) is 4.79 Å². The quantitative estimate of drug-likeness (QED) is 0.620. The van der Waals surface area contributed by atoms with Crippen LogP contribution in [0.5, 0.6) is 23.0 Å². The highest BCUT2D eigenvalue weighted by molar-refractivity contribution is 6.08. The van der Waals surface area contributed by atoms with Crippen LogP contribution in [0.25, 0.3) is 6.08 Å². The molecule has 0 fully saturated rings. The first kappa shape index (κ1) is 17.4. The highest BCUT2D eigenvalue weighted by Gasteiger charge is 2.11. The molecule has 24 heavy (non-hydrogen) atoms. The normalized spacial score (nSPS) is 10.6. The molecule has 0 unspecified atom stereocenters. The van der Waals surface area contributed by atoms with Crippen molar-refractivity contribution in [2.45, 2.75) is 6.92 Å². The maximum atomic E-state index is 12.4. The number of methoxy groups -OCH3 is 2. The highest BCUT2D eigenvalue weighted by atomic mass is 16.5. The van der Waals surface area contributed by atoms with E-state index in [1.54, 1.807) is 36.4 Å². The average Bonchev–Trinajstić information content (AvgIpc) is 2.61. The number of carbonyl (C=O) groups excluding carboxylic acids is 1. The van der Waals surface area contributed by atoms with E-state index >= 15 is 0 Å². The Bertz CT molecular complexity index is 724. The van der Waals surface area contributed by atoms with Crippen LogP contribution in [-0.2, 0) is 0 Å². The standard InChI is InChI=1S/C19H20O5/c1-4-24-16-8-6-5-7-14(16)15(20)10-9-13-11-17(22-2)19(21)18(12-13)23-3/h5-12,21H,4H2,1-3H3/b10-9+. The molecule has 0 radical (unpaired) electrons. The second-order valence-electron chi connectivity index (χ2n) is 4.90. The van der Waals surface area contributed by atoms with Crippen molar-refractivity contribution in [3.63, 3.8) is 0 Å². The van der Waals surface area contributed by atoms with Crippen molar-refractivity contribution >= 4 is 11.9 Å². The van der Waals surface area contributed by atoms with E-state index in [4.69, 9.17) is 14.2 Å². The largest absolute Gasteiger partial charge is 0.502 e. The van der Waals surface area contributed by atoms with Crippen LogP contribution in [0.1, 0.15) is 22.8 Å². The van der Waals surface area contributed by atoms with Gasteiger partial charge in [0.1, 0.15) is 5.75 Å². The van der Waals surface area contributed by atoms with Gasteiger partial charge in [0.25, 0.3) is 0 Å². The van der Waals surface area contributed by atoms with Crippen LogP contribution in [-0.4, -0.2) is 31.7 Å². The van der Waals surface area contributed by atoms with Crippen molar-refractivity contribution < 1.29 is 24.1 Å². The molecule has 2 aromatic carbocycles. The lowest BCUT2D eigenvalue weighted by Crippen LogP contribution is -2.01. The molecule has 0 saturated heterocycles. The van der Waals surface area contributed by atoms with Crippen LogP contribution < -0.4 is 14.2 Å². The number of phenolic OH excluding ortho intramolecular Hbond substituents is 1. The van der Waals surface area contributed by atoms with Crippen LogP contribution in [0.4, 0.5) is 0 Å². The lowest BCUT2D eigenvalue weighted by Gasteiger charge is -2.09. The number of hydrogen-bond acceptors (Lipinski definition) is 5. The number of carbonyl (C=O) groups is 1. The van der Waals surface area contributed by atoms with Gasteiger partial charge in [-0.25, -0.2) is 0 Å². The number of benzene rings is 2. The third kappa shape index (κ3) is 3.87. The van der Waals surface area contributed by atoms with Gasteiger partial charge in [-0.15, -0.1) is 0 Å². The van der Waals surface area contributed by atoms with Crippen LogP contribution in [0.3, 0.4) is 0 Å². The Hall–Kier alpha value is -2.95. The SMILES string of the molecule is CCOc1ccccc1C(=O)/C=C/c1cc(OC)c(O)c(OC)c1. The molecular weight excluding hydrogens is 308 g/mol. The van der Waals surface area contributed by atoms with Crippen molar-refractivity contribution in [1.29, 1.82) is 0 Å². The summed E-state index contributed by atoms with van der Waals surface area (Å²) in [6.45, 7) is 2.35. The summed E-state index contributed by atoms with van der Waals surface area (Å²) in [6, 6.07) is 10.3. The summed E-state index contributed by atoms with van der Waals surface area (Å²) in [5.74, 6) is 0.845. The second-order valence-corrected chi connectivity index (χ2v) is 4.90. The molecular formula is C19H20O5. The number of aromatic hydroxyl groups is 1. The molecule has 2 aromatic rings. The Labute approximate surface area is 141 Å². The fraction of sp³-hybridized carbons (Fsp3) is 0.211. The molecule has 5 heteroatoms. The maximum Gasteiger partial charge on any atom is 0.200 e. The number of hydrogen-bond donors (Lipinski definition) is 1. The topological polar surface area (TPSA) is 65.0 Å². The fourth-order valence-corrected chi connectivity index (χ4v) is 2.22. The Morgan fingerprint density at radius 1 is 1.08 bits per heavy atom. The van der Waals surface area contributed by atoms with Gasteiger partial charge in [0.2, 0.25) is 5.75 Å². The molecule has 0 bridgehead atoms. The zero-order valence-corrected chi connectivity index (χ0v) is 13.9. The van der Waals surface area contributed by atoms with E-state index in [1.807, 2.05) is 13.0 Å². The molecule has 0 aliphatic carbocycles. The minimum Gasteiger partial charge on any atom is -0.502 e. The second kappa shape index (κ2) is 8.06. The summed E-state index contributed by atoms with van der Waals surface area (Å²) in [5.41, 5.74) is 1.16. The van der Waals surface area contributed by atoms with Crippen molar-refractivity contribution in [2.24, 2.45) is 0 Å². The predicted octanol–water partition coefficient (Wildman–Crippen LogP) is 3.70. The molecule has 0 heterocycles. The molecule has 0 aliphatic rings. The van der Waals surface area contributed by atoms with E-state index in [-0.39, 0.29) is 23.0 Å². The molecule has 0 amide bonds. The third-order valence-electron chi connectivity index (χ3n) is 3.38. The van der Waals surface area contributed by atoms with Crippen LogP contribution >= 0.6 is 0 Å². The lowest BCUT2D eigenvalue weighted by atomic mass is 10.1. The predicted molar refractivity (Wildman–Crippen MR) is 92.2 cm³/mol. The summed E-state index contributed by atoms with van der Waals surface area (Å²) in [6.07, 6.45) is 3.08. The molecule has 0 aliphatic heterocycles. The zero-order valence-electron chi connectivity index (χ0n) is 13.9. The van der Waals surface area contributed by atoms with Gasteiger partial charge in [0.05, 0.1) is 26.4 Å². The minimum atomic E-state index is -0.176. The molecule has 2 rings (SSSR count). The number of para-hydroxylation sites is 1. The van der Waals surface area contributed by atoms with Crippen molar-refractivity contribution in [1.82, 2.24) is 0 Å². The number of phenols is 1. The smallest absolute Gasteiger partial charge is 0.200 e. The summed E-state index contributed by atoms with van der Waals surface area (Å²) in [7, 11) is 2.90. The molecule has 0 atom stereocenters. The number of ether oxygens (including phenoxy) is 3. The van der Waals surface area contributed by atoms with E-state index in [0.717, 1.165) is 0 Å². The van der Waals surface area contributed by atoms with Gasteiger partial charge in [-0.2, -0.15) is 0 Å².